The van der Waals surface area contributed by atoms with Crippen molar-refractivity contribution in [3.8, 4) is 0 Å². The highest BCUT2D eigenvalue weighted by molar-refractivity contribution is 5.92. The molecule has 0 aromatic carbocycles. The molecule has 0 unspecified atom stereocenters. The number of alkyl halides is 20. The molecule has 0 bridgehead atoms. The van der Waals surface area contributed by atoms with Gasteiger partial charge in [0, 0.05) is 140 Å². The second-order valence-corrected chi connectivity index (χ2v) is 40.2. The zero-order valence-corrected chi connectivity index (χ0v) is 78.6. The second kappa shape index (κ2) is 39.4. The summed E-state index contributed by atoms with van der Waals surface area (Å²) < 4.78 is 366. The lowest BCUT2D eigenvalue weighted by atomic mass is 9.67. The molecular formula is C88H120F20O30. The van der Waals surface area contributed by atoms with Crippen LogP contribution >= 0.6 is 0 Å². The predicted octanol–water partition coefficient (Wildman–Crippen LogP) is 11.9. The lowest BCUT2D eigenvalue weighted by Gasteiger charge is -2.39. The Morgan fingerprint density at radius 3 is 0.500 bits per heavy atom. The Hall–Kier alpha value is -4.34. The highest BCUT2D eigenvalue weighted by atomic mass is 19.4. The number of methoxy groups -OCH3 is 6. The van der Waals surface area contributed by atoms with Crippen molar-refractivity contribution in [3.63, 3.8) is 0 Å². The lowest BCUT2D eigenvalue weighted by Crippen LogP contribution is -2.55. The summed E-state index contributed by atoms with van der Waals surface area (Å²) in [5.41, 5.74) is -8.40. The average molecular weight is 2040 g/mol. The van der Waals surface area contributed by atoms with Crippen LogP contribution in [-0.2, 0) is 142 Å². The number of epoxide rings is 12. The minimum absolute atomic E-state index is 0.0248. The molecule has 0 amide bonds. The van der Waals surface area contributed by atoms with E-state index in [9.17, 15) is 117 Å². The molecule has 138 heavy (non-hydrogen) atoms. The van der Waals surface area contributed by atoms with Gasteiger partial charge in [-0.2, -0.15) is 0 Å². The summed E-state index contributed by atoms with van der Waals surface area (Å²) >= 11 is 0. The van der Waals surface area contributed by atoms with Crippen molar-refractivity contribution in [2.24, 2.45) is 59.2 Å². The van der Waals surface area contributed by atoms with E-state index in [-0.39, 0.29) is 159 Å². The summed E-state index contributed by atoms with van der Waals surface area (Å²) in [5, 5.41) is 0. The highest BCUT2D eigenvalue weighted by Crippen LogP contribution is 2.64. The van der Waals surface area contributed by atoms with Crippen LogP contribution in [0.3, 0.4) is 0 Å². The lowest BCUT2D eigenvalue weighted by molar-refractivity contribution is -0.325. The van der Waals surface area contributed by atoms with E-state index in [0.717, 1.165) is 0 Å². The molecule has 792 valence electrons. The largest absolute Gasteiger partial charge is 0.522 e. The number of Topliss-reactive ketones (excluding diaryl/α,β-unsaturated/α-hetero) is 6. The topological polar surface area (TPSA) is 364 Å². The van der Waals surface area contributed by atoms with Crippen molar-refractivity contribution in [3.05, 3.63) is 0 Å². The number of rotatable bonds is 30. The first kappa shape index (κ1) is 111. The van der Waals surface area contributed by atoms with Crippen LogP contribution in [0.1, 0.15) is 146 Å². The zero-order valence-electron chi connectivity index (χ0n) is 78.6. The van der Waals surface area contributed by atoms with E-state index in [1.54, 1.807) is 13.8 Å². The van der Waals surface area contributed by atoms with Crippen molar-refractivity contribution in [2.75, 3.05) is 122 Å². The number of ether oxygens (including phenoxy) is 24. The molecule has 0 aromatic heterocycles. The predicted molar refractivity (Wildman–Crippen MR) is 421 cm³/mol. The highest BCUT2D eigenvalue weighted by Gasteiger charge is 2.77. The van der Waals surface area contributed by atoms with Gasteiger partial charge in [-0.25, -0.2) is 8.78 Å². The third kappa shape index (κ3) is 23.7. The number of ketones is 6. The van der Waals surface area contributed by atoms with Gasteiger partial charge < -0.3 is 85.3 Å². The smallest absolute Gasteiger partial charge is 0.373 e. The Bertz CT molecular complexity index is 3630. The van der Waals surface area contributed by atoms with E-state index >= 15 is 0 Å². The number of carbonyl (C=O) groups excluding carboxylic acids is 6. The van der Waals surface area contributed by atoms with Crippen LogP contribution in [0, 0.1) is 59.2 Å². The Kier molecular flexibility index (Phi) is 31.6. The van der Waals surface area contributed by atoms with Crippen LogP contribution in [0.2, 0.25) is 0 Å². The fourth-order valence-corrected chi connectivity index (χ4v) is 22.4. The molecule has 0 aromatic rings. The van der Waals surface area contributed by atoms with Crippen molar-refractivity contribution in [1.82, 2.24) is 0 Å². The number of halogens is 20. The monoisotopic (exact) mass is 2040 g/mol. The summed E-state index contributed by atoms with van der Waals surface area (Å²) in [7, 11) is 8.51. The number of hydrogen-bond acceptors (Lipinski definition) is 30. The van der Waals surface area contributed by atoms with Crippen LogP contribution in [0.5, 0.6) is 0 Å². The van der Waals surface area contributed by atoms with Gasteiger partial charge in [0.25, 0.3) is 0 Å². The standard InChI is InChI=1S/4C15H21F3O5.2C14H18F4O5/c4*1-8-11(19)12(20-3)9(6-14(8)7-22-14)13(2)10(23-13)4-5-21-15(16,17)18;2*1-12(8(23-12)3-4-21-14(16,17)18)7-5-13(6-22-13)11(15)9(19)10(7)20-2/h4*8-10,12H,4-7H2,1-3H3;2*7-8,10-11H,3-6H2,1-2H3/t2*8-,9+,10+,12-,13+,14+;2*8-,9-,10-,12+,13-,14-;7-,8-,10+,11+,12-,13-;7-,8-,10+,11-,12-,13-/m001111/s1. The van der Waals surface area contributed by atoms with Gasteiger partial charge in [0.2, 0.25) is 0 Å². The van der Waals surface area contributed by atoms with Gasteiger partial charge in [-0.15, -0.1) is 79.0 Å². The molecule has 50 heteroatoms. The van der Waals surface area contributed by atoms with Gasteiger partial charge in [0.1, 0.15) is 70.2 Å². The second-order valence-electron chi connectivity index (χ2n) is 40.2. The Morgan fingerprint density at radius 1 is 0.246 bits per heavy atom. The van der Waals surface area contributed by atoms with E-state index in [0.29, 0.717) is 52.1 Å². The molecule has 6 aliphatic carbocycles. The maximum absolute atomic E-state index is 14.1. The molecule has 0 N–H and O–H groups in total. The third-order valence-corrected chi connectivity index (χ3v) is 32.3. The van der Waals surface area contributed by atoms with Gasteiger partial charge in [-0.3, -0.25) is 57.2 Å². The molecule has 18 fully saturated rings. The Balaban J connectivity index is 0.000000140. The zero-order chi connectivity index (χ0) is 102. The van der Waals surface area contributed by atoms with Crippen LogP contribution < -0.4 is 0 Å². The molecule has 12 heterocycles. The fraction of sp³-hybridized carbons (Fsp3) is 0.932. The quantitative estimate of drug-likeness (QED) is 0.0476. The first-order valence-electron chi connectivity index (χ1n) is 45.6. The van der Waals surface area contributed by atoms with Crippen molar-refractivity contribution in [1.29, 1.82) is 0 Å². The SMILES string of the molecule is CO[C@@H]1C(=O)[C@@H](C)[C@]2(CO2)C[C@H]1[C@@]1(C)O[C@@H]1CCOC(F)(F)F.CO[C@@H]1C(=O)[C@@H](C)[C@]2(CO2)C[C@H]1[C@@]1(C)O[C@@H]1CCOC(F)(F)F.CO[C@@H]1C(=O)[C@@H](F)[C@]2(CO2)C[C@H]1[C@@]1(C)O[C@@H]1CCOC(F)(F)F.CO[C@@H]1C(=O)[C@H](C)[C@]2(CO2)C[C@H]1[C@@]1(C)O[C@@H]1CCOC(F)(F)F.CO[C@@H]1C(=O)[C@H](C)[C@]2(CO2)C[C@H]1[C@@]1(C)O[C@@H]1CCOC(F)(F)F.CO[C@@H]1C(=O)[C@H](F)[C@]2(CO2)C[C@H]1[C@@]1(C)O[C@@H]1CCOC(F)(F)F. The molecule has 30 nitrogen and oxygen atoms in total. The maximum atomic E-state index is 14.1. The molecule has 12 saturated heterocycles. The summed E-state index contributed by atoms with van der Waals surface area (Å²) in [4.78, 5) is 74.3. The maximum Gasteiger partial charge on any atom is 0.522 e. The fourth-order valence-electron chi connectivity index (χ4n) is 22.4. The van der Waals surface area contributed by atoms with Gasteiger partial charge in [-0.05, 0) is 80.1 Å². The van der Waals surface area contributed by atoms with Gasteiger partial charge in [0.05, 0.1) is 150 Å². The normalized spacial score (nSPS) is 46.3. The molecular weight excluding hydrogens is 1920 g/mol. The molecule has 6 saturated carbocycles. The van der Waals surface area contributed by atoms with Crippen molar-refractivity contribution >= 4 is 34.7 Å². The minimum Gasteiger partial charge on any atom is -0.373 e. The summed E-state index contributed by atoms with van der Waals surface area (Å²) in [6.07, 6.45) is -34.8. The van der Waals surface area contributed by atoms with E-state index in [4.69, 9.17) is 85.3 Å². The average Bonchev–Trinajstić information content (AvgIpc) is 1.57. The van der Waals surface area contributed by atoms with Crippen LogP contribution in [0.4, 0.5) is 87.8 Å². The van der Waals surface area contributed by atoms with Gasteiger partial charge in [-0.1, -0.05) is 27.7 Å². The molecule has 6 spiro atoms. The third-order valence-electron chi connectivity index (χ3n) is 32.3. The van der Waals surface area contributed by atoms with Crippen LogP contribution in [0.25, 0.3) is 0 Å². The minimum atomic E-state index is -4.69. The molecule has 18 rings (SSSR count). The van der Waals surface area contributed by atoms with Gasteiger partial charge in [0.15, 0.2) is 47.0 Å². The van der Waals surface area contributed by atoms with Crippen LogP contribution in [0.15, 0.2) is 0 Å². The van der Waals surface area contributed by atoms with E-state index < -0.39 is 230 Å². The first-order chi connectivity index (χ1) is 63.8. The number of carbonyl (C=O) groups is 6. The summed E-state index contributed by atoms with van der Waals surface area (Å²) in [5.74, 6) is -4.28. The molecule has 0 radical (unpaired) electrons. The number of hydrogen-bond donors (Lipinski definition) is 0. The Morgan fingerprint density at radius 2 is 0.377 bits per heavy atom. The van der Waals surface area contributed by atoms with E-state index in [1.165, 1.54) is 42.7 Å². The van der Waals surface area contributed by atoms with E-state index in [2.05, 4.69) is 28.4 Å². The summed E-state index contributed by atoms with van der Waals surface area (Å²) in [6.45, 7) is 17.6. The molecule has 12 aliphatic heterocycles. The Labute approximate surface area is 780 Å². The molecule has 18 aliphatic rings. The van der Waals surface area contributed by atoms with Crippen molar-refractivity contribution < 1.29 is 230 Å². The van der Waals surface area contributed by atoms with Crippen LogP contribution in [-0.4, -0.2) is 348 Å². The first-order valence-corrected chi connectivity index (χ1v) is 45.6. The molecule has 36 atom stereocenters. The van der Waals surface area contributed by atoms with E-state index in [1.807, 2.05) is 55.4 Å². The van der Waals surface area contributed by atoms with Gasteiger partial charge >= 0.3 is 38.2 Å². The van der Waals surface area contributed by atoms with Crippen molar-refractivity contribution in [2.45, 2.75) is 337 Å². The summed E-state index contributed by atoms with van der Waals surface area (Å²) in [6, 6.07) is 0.